The molecular formula is C10H12N2O5S2. The summed E-state index contributed by atoms with van der Waals surface area (Å²) in [6.07, 6.45) is -0.836. The lowest BCUT2D eigenvalue weighted by Gasteiger charge is -2.43. The van der Waals surface area contributed by atoms with Gasteiger partial charge >= 0.3 is 5.97 Å². The van der Waals surface area contributed by atoms with Gasteiger partial charge in [0.25, 0.3) is 0 Å². The predicted molar refractivity (Wildman–Crippen MR) is 69.7 cm³/mol. The van der Waals surface area contributed by atoms with E-state index in [9.17, 15) is 19.5 Å². The number of nitrogens with zero attached hydrogens (tertiary/aromatic N) is 1. The summed E-state index contributed by atoms with van der Waals surface area (Å²) < 4.78 is 0.382. The van der Waals surface area contributed by atoms with Crippen LogP contribution in [0.3, 0.4) is 0 Å². The number of amides is 2. The van der Waals surface area contributed by atoms with Crippen molar-refractivity contribution in [3.63, 3.8) is 0 Å². The highest BCUT2D eigenvalue weighted by Gasteiger charge is 2.57. The average Bonchev–Trinajstić information content (AvgIpc) is 2.60. The number of aliphatic carboxylic acids is 1. The highest BCUT2D eigenvalue weighted by atomic mass is 32.2. The number of rotatable bonds is 5. The molecule has 7 nitrogen and oxygen atoms in total. The van der Waals surface area contributed by atoms with Crippen LogP contribution in [0.2, 0.25) is 0 Å². The van der Waals surface area contributed by atoms with Crippen LogP contribution in [-0.2, 0) is 14.4 Å². The fraction of sp³-hybridized carbons (Fsp3) is 0.500. The maximum Gasteiger partial charge on any atom is 0.354 e. The Bertz CT molecular complexity index is 490. The molecule has 2 aliphatic heterocycles. The number of aliphatic hydroxyl groups is 1. The zero-order valence-electron chi connectivity index (χ0n) is 9.90. The molecule has 3 atom stereocenters. The molecule has 2 aliphatic rings. The molecule has 1 fully saturated rings. The molecule has 0 aliphatic carbocycles. The van der Waals surface area contributed by atoms with Crippen molar-refractivity contribution in [1.29, 1.82) is 0 Å². The minimum atomic E-state index is -1.22. The lowest BCUT2D eigenvalue weighted by molar-refractivity contribution is -0.156. The Morgan fingerprint density at radius 3 is 2.68 bits per heavy atom. The summed E-state index contributed by atoms with van der Waals surface area (Å²) in [5.74, 6) is -2.84. The third kappa shape index (κ3) is 2.33. The molecule has 2 heterocycles. The lowest BCUT2D eigenvalue weighted by Crippen LogP contribution is -2.60. The second kappa shape index (κ2) is 5.06. The van der Waals surface area contributed by atoms with Gasteiger partial charge in [0.1, 0.15) is 5.37 Å². The molecule has 0 bridgehead atoms. The van der Waals surface area contributed by atoms with Crippen molar-refractivity contribution in [3.8, 4) is 0 Å². The van der Waals surface area contributed by atoms with Crippen LogP contribution in [0.15, 0.2) is 9.93 Å². The van der Waals surface area contributed by atoms with E-state index >= 15 is 0 Å². The number of thioether (sulfide) groups is 2. The number of β-lactam (4-membered cyclic amide) rings is 1. The Morgan fingerprint density at radius 2 is 2.21 bits per heavy atom. The molecular weight excluding hydrogens is 292 g/mol. The first kappa shape index (κ1) is 14.2. The molecule has 104 valence electrons. The second-order valence-corrected chi connectivity index (χ2v) is 6.55. The van der Waals surface area contributed by atoms with Crippen molar-refractivity contribution in [3.05, 3.63) is 9.93 Å². The van der Waals surface area contributed by atoms with Crippen LogP contribution in [-0.4, -0.2) is 50.1 Å². The van der Waals surface area contributed by atoms with E-state index in [-0.39, 0.29) is 11.4 Å². The van der Waals surface area contributed by atoms with E-state index in [1.54, 1.807) is 0 Å². The number of aliphatic hydroxyl groups excluding tert-OH is 1. The molecule has 0 spiro atoms. The fourth-order valence-electron chi connectivity index (χ4n) is 1.99. The van der Waals surface area contributed by atoms with Crippen LogP contribution < -0.4 is 5.73 Å². The van der Waals surface area contributed by atoms with Crippen LogP contribution in [0.4, 0.5) is 0 Å². The van der Waals surface area contributed by atoms with Crippen LogP contribution in [0.1, 0.15) is 6.92 Å². The summed E-state index contributed by atoms with van der Waals surface area (Å²) in [5.41, 5.74) is 4.90. The topological polar surface area (TPSA) is 121 Å². The Labute approximate surface area is 117 Å². The minimum absolute atomic E-state index is 0.0484. The van der Waals surface area contributed by atoms with Crippen molar-refractivity contribution in [2.75, 3.05) is 5.75 Å². The summed E-state index contributed by atoms with van der Waals surface area (Å²) in [7, 11) is 0. The third-order valence-electron chi connectivity index (χ3n) is 2.81. The predicted octanol–water partition coefficient (Wildman–Crippen LogP) is -0.629. The van der Waals surface area contributed by atoms with Gasteiger partial charge in [-0.05, 0) is 6.92 Å². The largest absolute Gasteiger partial charge is 0.477 e. The maximum absolute atomic E-state index is 11.8. The van der Waals surface area contributed by atoms with Gasteiger partial charge in [-0.25, -0.2) is 4.79 Å². The highest BCUT2D eigenvalue weighted by Crippen LogP contribution is 2.53. The summed E-state index contributed by atoms with van der Waals surface area (Å²) in [4.78, 5) is 35.0. The molecule has 0 aromatic carbocycles. The number of carboxylic acids is 1. The molecule has 9 heteroatoms. The average molecular weight is 304 g/mol. The number of hydrogen-bond donors (Lipinski definition) is 3. The van der Waals surface area contributed by atoms with Crippen molar-refractivity contribution in [2.45, 2.75) is 18.4 Å². The van der Waals surface area contributed by atoms with Crippen LogP contribution in [0.25, 0.3) is 0 Å². The Balaban J connectivity index is 2.21. The molecule has 2 unspecified atom stereocenters. The van der Waals surface area contributed by atoms with Gasteiger partial charge in [-0.15, -0.1) is 11.8 Å². The van der Waals surface area contributed by atoms with Gasteiger partial charge in [0.15, 0.2) is 5.70 Å². The standard InChI is InChI=1S/C10H12N2O5S2/c1-3(13)5-7(15)12-6(9(16)17)10(19-8(5)12)18-2-4(11)14/h3,5,8,13H,2H2,1H3,(H2,11,14)(H,16,17)/t3?,5?,8-/m1/s1. The van der Waals surface area contributed by atoms with Gasteiger partial charge in [0.2, 0.25) is 11.8 Å². The van der Waals surface area contributed by atoms with Crippen molar-refractivity contribution in [1.82, 2.24) is 4.90 Å². The van der Waals surface area contributed by atoms with Gasteiger partial charge in [-0.1, -0.05) is 11.8 Å². The van der Waals surface area contributed by atoms with E-state index < -0.39 is 35.2 Å². The van der Waals surface area contributed by atoms with Gasteiger partial charge < -0.3 is 15.9 Å². The van der Waals surface area contributed by atoms with E-state index in [4.69, 9.17) is 10.8 Å². The van der Waals surface area contributed by atoms with E-state index in [1.165, 1.54) is 18.7 Å². The first-order valence-electron chi connectivity index (χ1n) is 5.41. The molecule has 2 rings (SSSR count). The van der Waals surface area contributed by atoms with Gasteiger partial charge in [0, 0.05) is 0 Å². The molecule has 19 heavy (non-hydrogen) atoms. The number of carbonyl (C=O) groups excluding carboxylic acids is 2. The van der Waals surface area contributed by atoms with Crippen molar-refractivity contribution in [2.24, 2.45) is 11.7 Å². The Kier molecular flexibility index (Phi) is 3.79. The number of nitrogens with two attached hydrogens (primary N) is 1. The van der Waals surface area contributed by atoms with Gasteiger partial charge in [0.05, 0.1) is 22.0 Å². The van der Waals surface area contributed by atoms with Gasteiger partial charge in [-0.3, -0.25) is 14.5 Å². The van der Waals surface area contributed by atoms with E-state index in [2.05, 4.69) is 0 Å². The molecule has 4 N–H and O–H groups in total. The number of hydrogen-bond acceptors (Lipinski definition) is 6. The highest BCUT2D eigenvalue weighted by molar-refractivity contribution is 8.23. The zero-order chi connectivity index (χ0) is 14.3. The monoisotopic (exact) mass is 304 g/mol. The molecule has 1 saturated heterocycles. The second-order valence-electron chi connectivity index (χ2n) is 4.18. The Morgan fingerprint density at radius 1 is 1.58 bits per heavy atom. The fourth-order valence-corrected chi connectivity index (χ4v) is 4.65. The molecule has 0 saturated carbocycles. The summed E-state index contributed by atoms with van der Waals surface area (Å²) in [6.45, 7) is 1.50. The SMILES string of the molecule is CC(O)C1C(=O)N2C(C(=O)O)=C(SCC(N)=O)S[C@H]12. The lowest BCUT2D eigenvalue weighted by atomic mass is 9.92. The molecule has 0 aromatic heterocycles. The summed E-state index contributed by atoms with van der Waals surface area (Å²) >= 11 is 2.18. The quantitative estimate of drug-likeness (QED) is 0.578. The van der Waals surface area contributed by atoms with Crippen LogP contribution in [0, 0.1) is 5.92 Å². The number of fused-ring (bicyclic) bond motifs is 1. The molecule has 0 radical (unpaired) electrons. The van der Waals surface area contributed by atoms with E-state index in [0.717, 1.165) is 16.7 Å². The van der Waals surface area contributed by atoms with Crippen molar-refractivity contribution < 1.29 is 24.6 Å². The zero-order valence-corrected chi connectivity index (χ0v) is 11.5. The maximum atomic E-state index is 11.8. The number of carboxylic acid groups (broad SMARTS) is 1. The van der Waals surface area contributed by atoms with Crippen LogP contribution >= 0.6 is 23.5 Å². The summed E-state index contributed by atoms with van der Waals surface area (Å²) in [5, 5.41) is 18.3. The smallest absolute Gasteiger partial charge is 0.354 e. The van der Waals surface area contributed by atoms with Crippen LogP contribution in [0.5, 0.6) is 0 Å². The van der Waals surface area contributed by atoms with Crippen molar-refractivity contribution >= 4 is 41.3 Å². The number of carbonyl (C=O) groups is 3. The van der Waals surface area contributed by atoms with E-state index in [0.29, 0.717) is 4.24 Å². The Hall–Kier alpha value is -1.19. The summed E-state index contributed by atoms with van der Waals surface area (Å²) in [6, 6.07) is 0. The number of primary amides is 1. The third-order valence-corrected chi connectivity index (χ3v) is 5.49. The minimum Gasteiger partial charge on any atom is -0.477 e. The first-order valence-corrected chi connectivity index (χ1v) is 7.27. The van der Waals surface area contributed by atoms with Gasteiger partial charge in [-0.2, -0.15) is 0 Å². The van der Waals surface area contributed by atoms with E-state index in [1.807, 2.05) is 0 Å². The molecule has 2 amide bonds. The normalized spacial score (nSPS) is 27.1. The first-order chi connectivity index (χ1) is 8.84. The molecule has 0 aromatic rings.